The fraction of sp³-hybridized carbons (Fsp3) is 0.600. The molecular formula is C15H22N4S2. The van der Waals surface area contributed by atoms with E-state index in [0.717, 1.165) is 33.8 Å². The zero-order valence-corrected chi connectivity index (χ0v) is 14.2. The molecule has 2 aromatic rings. The zero-order valence-electron chi connectivity index (χ0n) is 12.6. The van der Waals surface area contributed by atoms with Crippen LogP contribution in [0.3, 0.4) is 0 Å². The van der Waals surface area contributed by atoms with Gasteiger partial charge in [0, 0.05) is 17.8 Å². The number of rotatable bonds is 5. The van der Waals surface area contributed by atoms with E-state index in [4.69, 9.17) is 0 Å². The van der Waals surface area contributed by atoms with Crippen LogP contribution in [0, 0.1) is 0 Å². The standard InChI is InChI=1S/C15H22N4S2/c1-3-16-15-18-13(12-7-8-21-14(12)19-15)17-10-5-4-6-11(9-10)20-2/h7-8,10-11H,3-6,9H2,1-2H3,(H2,16,17,18,19). The monoisotopic (exact) mass is 322 g/mol. The number of nitrogens with one attached hydrogen (secondary N) is 2. The summed E-state index contributed by atoms with van der Waals surface area (Å²) in [7, 11) is 0. The molecule has 1 saturated carbocycles. The minimum absolute atomic E-state index is 0.531. The number of thioether (sulfide) groups is 1. The first-order chi connectivity index (χ1) is 10.3. The SMILES string of the molecule is CCNc1nc(NC2CCCC(SC)C2)c2ccsc2n1. The summed E-state index contributed by atoms with van der Waals surface area (Å²) in [6.45, 7) is 2.91. The molecule has 6 heteroatoms. The lowest BCUT2D eigenvalue weighted by molar-refractivity contribution is 0.473. The molecule has 2 unspecified atom stereocenters. The Labute approximate surface area is 134 Å². The fourth-order valence-electron chi connectivity index (χ4n) is 2.89. The molecule has 2 aromatic heterocycles. The highest BCUT2D eigenvalue weighted by Crippen LogP contribution is 2.31. The molecule has 1 aliphatic rings. The summed E-state index contributed by atoms with van der Waals surface area (Å²) in [5.74, 6) is 1.72. The van der Waals surface area contributed by atoms with E-state index >= 15 is 0 Å². The van der Waals surface area contributed by atoms with Crippen molar-refractivity contribution < 1.29 is 0 Å². The van der Waals surface area contributed by atoms with E-state index in [0.29, 0.717) is 6.04 Å². The second-order valence-electron chi connectivity index (χ2n) is 5.43. The zero-order chi connectivity index (χ0) is 14.7. The second-order valence-corrected chi connectivity index (χ2v) is 7.46. The average Bonchev–Trinajstić information content (AvgIpc) is 2.96. The summed E-state index contributed by atoms with van der Waals surface area (Å²) >= 11 is 3.67. The summed E-state index contributed by atoms with van der Waals surface area (Å²) in [4.78, 5) is 10.3. The number of anilines is 2. The third-order valence-electron chi connectivity index (χ3n) is 3.96. The van der Waals surface area contributed by atoms with E-state index in [1.54, 1.807) is 11.3 Å². The van der Waals surface area contributed by atoms with Gasteiger partial charge in [0.2, 0.25) is 5.95 Å². The summed E-state index contributed by atoms with van der Waals surface area (Å²) in [6, 6.07) is 2.65. The second kappa shape index (κ2) is 6.83. The molecule has 4 nitrogen and oxygen atoms in total. The molecule has 2 atom stereocenters. The van der Waals surface area contributed by atoms with Crippen LogP contribution in [0.4, 0.5) is 11.8 Å². The summed E-state index contributed by atoms with van der Waals surface area (Å²) in [6.07, 6.45) is 7.34. The predicted octanol–water partition coefficient (Wildman–Crippen LogP) is 4.21. The van der Waals surface area contributed by atoms with Gasteiger partial charge in [-0.05, 0) is 43.9 Å². The van der Waals surface area contributed by atoms with Gasteiger partial charge in [0.25, 0.3) is 0 Å². The summed E-state index contributed by atoms with van der Waals surface area (Å²) in [5, 5.41) is 10.9. The van der Waals surface area contributed by atoms with Gasteiger partial charge in [-0.25, -0.2) is 4.98 Å². The Morgan fingerprint density at radius 1 is 1.38 bits per heavy atom. The maximum atomic E-state index is 4.67. The lowest BCUT2D eigenvalue weighted by atomic mass is 9.95. The molecule has 21 heavy (non-hydrogen) atoms. The van der Waals surface area contributed by atoms with Crippen molar-refractivity contribution in [2.75, 3.05) is 23.4 Å². The Bertz CT molecular complexity index is 598. The average molecular weight is 323 g/mol. The van der Waals surface area contributed by atoms with Gasteiger partial charge in [-0.15, -0.1) is 11.3 Å². The highest BCUT2D eigenvalue weighted by Gasteiger charge is 2.22. The molecule has 1 aliphatic carbocycles. The Kier molecular flexibility index (Phi) is 4.85. The molecule has 0 spiro atoms. The Morgan fingerprint density at radius 3 is 3.10 bits per heavy atom. The Morgan fingerprint density at radius 2 is 2.29 bits per heavy atom. The van der Waals surface area contributed by atoms with Crippen molar-refractivity contribution in [3.05, 3.63) is 11.4 Å². The van der Waals surface area contributed by atoms with Gasteiger partial charge < -0.3 is 10.6 Å². The lowest BCUT2D eigenvalue weighted by Gasteiger charge is -2.29. The summed E-state index contributed by atoms with van der Waals surface area (Å²) < 4.78 is 0. The fourth-order valence-corrected chi connectivity index (χ4v) is 4.48. The van der Waals surface area contributed by atoms with Gasteiger partial charge in [0.1, 0.15) is 10.6 Å². The van der Waals surface area contributed by atoms with Gasteiger partial charge in [0.05, 0.1) is 5.39 Å². The number of nitrogens with zero attached hydrogens (tertiary/aromatic N) is 2. The molecule has 0 aliphatic heterocycles. The first-order valence-corrected chi connectivity index (χ1v) is 9.75. The van der Waals surface area contributed by atoms with E-state index in [1.165, 1.54) is 25.7 Å². The number of fused-ring (bicyclic) bond motifs is 1. The van der Waals surface area contributed by atoms with Crippen molar-refractivity contribution in [1.29, 1.82) is 0 Å². The molecule has 0 aromatic carbocycles. The molecule has 2 heterocycles. The highest BCUT2D eigenvalue weighted by molar-refractivity contribution is 7.99. The number of thiophene rings is 1. The normalized spacial score (nSPS) is 22.4. The number of aromatic nitrogens is 2. The van der Waals surface area contributed by atoms with Crippen LogP contribution in [0.15, 0.2) is 11.4 Å². The molecule has 114 valence electrons. The topological polar surface area (TPSA) is 49.8 Å². The van der Waals surface area contributed by atoms with Crippen LogP contribution in [0.25, 0.3) is 10.2 Å². The van der Waals surface area contributed by atoms with Gasteiger partial charge >= 0.3 is 0 Å². The van der Waals surface area contributed by atoms with Crippen LogP contribution < -0.4 is 10.6 Å². The molecule has 1 fully saturated rings. The van der Waals surface area contributed by atoms with E-state index in [9.17, 15) is 0 Å². The first-order valence-electron chi connectivity index (χ1n) is 7.58. The minimum atomic E-state index is 0.531. The van der Waals surface area contributed by atoms with Crippen LogP contribution >= 0.6 is 23.1 Å². The van der Waals surface area contributed by atoms with Gasteiger partial charge in [0.15, 0.2) is 0 Å². The number of hydrogen-bond donors (Lipinski definition) is 2. The highest BCUT2D eigenvalue weighted by atomic mass is 32.2. The van der Waals surface area contributed by atoms with E-state index in [1.807, 2.05) is 11.8 Å². The van der Waals surface area contributed by atoms with Crippen LogP contribution in [0.2, 0.25) is 0 Å². The van der Waals surface area contributed by atoms with Crippen molar-refractivity contribution in [1.82, 2.24) is 9.97 Å². The lowest BCUT2D eigenvalue weighted by Crippen LogP contribution is -2.29. The largest absolute Gasteiger partial charge is 0.367 e. The van der Waals surface area contributed by atoms with E-state index in [2.05, 4.69) is 45.2 Å². The molecule has 0 saturated heterocycles. The van der Waals surface area contributed by atoms with E-state index < -0.39 is 0 Å². The van der Waals surface area contributed by atoms with Gasteiger partial charge in [-0.1, -0.05) is 6.42 Å². The van der Waals surface area contributed by atoms with Crippen molar-refractivity contribution in [3.63, 3.8) is 0 Å². The van der Waals surface area contributed by atoms with Gasteiger partial charge in [-0.3, -0.25) is 0 Å². The third kappa shape index (κ3) is 3.43. The maximum Gasteiger partial charge on any atom is 0.226 e. The molecule has 0 bridgehead atoms. The van der Waals surface area contributed by atoms with Gasteiger partial charge in [-0.2, -0.15) is 16.7 Å². The van der Waals surface area contributed by atoms with Crippen molar-refractivity contribution >= 4 is 45.1 Å². The van der Waals surface area contributed by atoms with Crippen molar-refractivity contribution in [3.8, 4) is 0 Å². The maximum absolute atomic E-state index is 4.67. The van der Waals surface area contributed by atoms with Crippen LogP contribution in [0.5, 0.6) is 0 Å². The number of hydrogen-bond acceptors (Lipinski definition) is 6. The minimum Gasteiger partial charge on any atom is -0.367 e. The quantitative estimate of drug-likeness (QED) is 0.863. The molecule has 0 radical (unpaired) electrons. The first kappa shape index (κ1) is 14.9. The predicted molar refractivity (Wildman–Crippen MR) is 94.8 cm³/mol. The van der Waals surface area contributed by atoms with Crippen LogP contribution in [-0.2, 0) is 0 Å². The molecular weight excluding hydrogens is 300 g/mol. The van der Waals surface area contributed by atoms with Crippen LogP contribution in [0.1, 0.15) is 32.6 Å². The molecule has 2 N–H and O–H groups in total. The van der Waals surface area contributed by atoms with Crippen LogP contribution in [-0.4, -0.2) is 34.1 Å². The smallest absolute Gasteiger partial charge is 0.226 e. The Hall–Kier alpha value is -1.01. The van der Waals surface area contributed by atoms with Crippen molar-refractivity contribution in [2.45, 2.75) is 43.9 Å². The Balaban J connectivity index is 1.83. The van der Waals surface area contributed by atoms with E-state index in [-0.39, 0.29) is 0 Å². The molecule has 3 rings (SSSR count). The third-order valence-corrected chi connectivity index (χ3v) is 5.86. The summed E-state index contributed by atoms with van der Waals surface area (Å²) in [5.41, 5.74) is 0. The molecule has 0 amide bonds. The van der Waals surface area contributed by atoms with Crippen molar-refractivity contribution in [2.24, 2.45) is 0 Å².